The lowest BCUT2D eigenvalue weighted by molar-refractivity contribution is 0.0648. The van der Waals surface area contributed by atoms with Crippen molar-refractivity contribution < 1.29 is 33.4 Å². The molecule has 0 aromatic rings. The molecule has 0 heterocycles. The predicted molar refractivity (Wildman–Crippen MR) is 74.5 cm³/mol. The van der Waals surface area contributed by atoms with Crippen molar-refractivity contribution in [1.82, 2.24) is 0 Å². The Morgan fingerprint density at radius 1 is 1.28 bits per heavy atom. The van der Waals surface area contributed by atoms with Crippen molar-refractivity contribution in [2.24, 2.45) is 5.73 Å². The van der Waals surface area contributed by atoms with E-state index < -0.39 is 36.3 Å². The SMILES string of the molecule is CC(C)(C)OP(=O)(O)C(O)(C(I)CN)P(=O)(O)O. The number of hydrogen-bond donors (Lipinski definition) is 5. The quantitative estimate of drug-likeness (QED) is 0.248. The zero-order chi connectivity index (χ0) is 15.0. The largest absolute Gasteiger partial charge is 0.373 e. The molecule has 0 fully saturated rings. The van der Waals surface area contributed by atoms with Gasteiger partial charge in [-0.1, -0.05) is 22.6 Å². The van der Waals surface area contributed by atoms with Gasteiger partial charge in [-0.15, -0.1) is 0 Å². The van der Waals surface area contributed by atoms with Crippen molar-refractivity contribution in [3.05, 3.63) is 0 Å². The first-order valence-corrected chi connectivity index (χ1v) is 9.28. The summed E-state index contributed by atoms with van der Waals surface area (Å²) in [6, 6.07) is 0. The van der Waals surface area contributed by atoms with Crippen molar-refractivity contribution in [2.75, 3.05) is 6.54 Å². The zero-order valence-electron chi connectivity index (χ0n) is 10.1. The molecule has 6 N–H and O–H groups in total. The summed E-state index contributed by atoms with van der Waals surface area (Å²) >= 11 is 1.41. The minimum Gasteiger partial charge on any atom is -0.367 e. The Kier molecular flexibility index (Phi) is 6.05. The molecule has 0 rings (SSSR count). The molecular weight excluding hydrogens is 399 g/mol. The average molecular weight is 417 g/mol. The van der Waals surface area contributed by atoms with Gasteiger partial charge in [0, 0.05) is 6.54 Å². The van der Waals surface area contributed by atoms with Gasteiger partial charge in [0.15, 0.2) is 0 Å². The number of nitrogens with two attached hydrogens (primary N) is 1. The van der Waals surface area contributed by atoms with Crippen molar-refractivity contribution in [3.63, 3.8) is 0 Å². The van der Waals surface area contributed by atoms with E-state index in [2.05, 4.69) is 0 Å². The third kappa shape index (κ3) is 3.97. The molecule has 0 aliphatic carbocycles. The van der Waals surface area contributed by atoms with Crippen LogP contribution in [0.25, 0.3) is 0 Å². The van der Waals surface area contributed by atoms with E-state index in [0.717, 1.165) is 0 Å². The summed E-state index contributed by atoms with van der Waals surface area (Å²) in [6.07, 6.45) is 0. The van der Waals surface area contributed by atoms with E-state index in [1.54, 1.807) is 0 Å². The third-order valence-corrected chi connectivity index (χ3v) is 8.91. The van der Waals surface area contributed by atoms with Crippen LogP contribution in [0.1, 0.15) is 20.8 Å². The van der Waals surface area contributed by atoms with Gasteiger partial charge in [-0.25, -0.2) is 0 Å². The molecule has 0 aromatic heterocycles. The van der Waals surface area contributed by atoms with Gasteiger partial charge in [-0.05, 0) is 20.8 Å². The summed E-state index contributed by atoms with van der Waals surface area (Å²) in [4.78, 5) is 28.1. The van der Waals surface area contributed by atoms with Crippen molar-refractivity contribution in [3.8, 4) is 0 Å². The Morgan fingerprint density at radius 2 is 1.67 bits per heavy atom. The second-order valence-corrected chi connectivity index (χ2v) is 10.2. The molecule has 0 bridgehead atoms. The standard InChI is InChI=1S/C7H18INO7P2/c1-6(2,3)16-18(14,15)7(10,5(8)4-9)17(11,12)13/h5,10H,4,9H2,1-3H3,(H,14,15)(H2,11,12,13). The molecule has 3 unspecified atom stereocenters. The molecule has 110 valence electrons. The van der Waals surface area contributed by atoms with Gasteiger partial charge in [0.25, 0.3) is 5.08 Å². The van der Waals surface area contributed by atoms with Gasteiger partial charge < -0.3 is 30.0 Å². The predicted octanol–water partition coefficient (Wildman–Crippen LogP) is 0.573. The molecule has 3 atom stereocenters. The fraction of sp³-hybridized carbons (Fsp3) is 1.00. The monoisotopic (exact) mass is 417 g/mol. The Labute approximate surface area is 119 Å². The zero-order valence-corrected chi connectivity index (χ0v) is 14.1. The second-order valence-electron chi connectivity index (χ2n) is 4.66. The second kappa shape index (κ2) is 5.75. The first-order chi connectivity index (χ1) is 7.69. The van der Waals surface area contributed by atoms with Crippen LogP contribution in [0.4, 0.5) is 0 Å². The highest BCUT2D eigenvalue weighted by Crippen LogP contribution is 2.73. The summed E-state index contributed by atoms with van der Waals surface area (Å²) in [7, 11) is -10.4. The van der Waals surface area contributed by atoms with Crippen molar-refractivity contribution in [1.29, 1.82) is 0 Å². The lowest BCUT2D eigenvalue weighted by Gasteiger charge is -2.37. The van der Waals surface area contributed by atoms with Crippen LogP contribution >= 0.6 is 37.8 Å². The number of aliphatic hydroxyl groups is 1. The van der Waals surface area contributed by atoms with Crippen LogP contribution in [-0.2, 0) is 13.7 Å². The maximum Gasteiger partial charge on any atom is 0.373 e. The molecule has 0 aromatic carbocycles. The lowest BCUT2D eigenvalue weighted by atomic mass is 10.2. The molecule has 0 radical (unpaired) electrons. The molecule has 0 amide bonds. The van der Waals surface area contributed by atoms with Gasteiger partial charge in [0.05, 0.1) is 9.53 Å². The van der Waals surface area contributed by atoms with Crippen LogP contribution in [0.5, 0.6) is 0 Å². The van der Waals surface area contributed by atoms with Crippen molar-refractivity contribution >= 4 is 37.8 Å². The van der Waals surface area contributed by atoms with Crippen LogP contribution in [0.2, 0.25) is 0 Å². The van der Waals surface area contributed by atoms with E-state index >= 15 is 0 Å². The van der Waals surface area contributed by atoms with Crippen LogP contribution in [0.3, 0.4) is 0 Å². The van der Waals surface area contributed by atoms with Crippen LogP contribution in [-0.4, -0.2) is 40.9 Å². The smallest absolute Gasteiger partial charge is 0.367 e. The van der Waals surface area contributed by atoms with Crippen LogP contribution < -0.4 is 5.73 Å². The molecule has 0 aliphatic rings. The highest BCUT2D eigenvalue weighted by molar-refractivity contribution is 14.1. The highest BCUT2D eigenvalue weighted by atomic mass is 127. The molecular formula is C7H18INO7P2. The molecule has 11 heteroatoms. The van der Waals surface area contributed by atoms with Gasteiger partial charge in [0.2, 0.25) is 0 Å². The number of alkyl halides is 1. The van der Waals surface area contributed by atoms with E-state index in [9.17, 15) is 19.1 Å². The van der Waals surface area contributed by atoms with Gasteiger partial charge >= 0.3 is 15.2 Å². The van der Waals surface area contributed by atoms with E-state index in [4.69, 9.17) is 20.0 Å². The average Bonchev–Trinajstić information content (AvgIpc) is 2.09. The Hall–Kier alpha value is 0.950. The molecule has 0 aliphatic heterocycles. The summed E-state index contributed by atoms with van der Waals surface area (Å²) in [6.45, 7) is 3.85. The minimum atomic E-state index is -5.34. The van der Waals surface area contributed by atoms with Crippen LogP contribution in [0, 0.1) is 0 Å². The maximum absolute atomic E-state index is 12.0. The topological polar surface area (TPSA) is 150 Å². The van der Waals surface area contributed by atoms with Gasteiger partial charge in [-0.3, -0.25) is 9.13 Å². The summed E-state index contributed by atoms with van der Waals surface area (Å²) in [5.74, 6) is 0. The maximum atomic E-state index is 12.0. The van der Waals surface area contributed by atoms with E-state index in [1.807, 2.05) is 0 Å². The lowest BCUT2D eigenvalue weighted by Crippen LogP contribution is -2.44. The van der Waals surface area contributed by atoms with E-state index in [0.29, 0.717) is 0 Å². The summed E-state index contributed by atoms with van der Waals surface area (Å²) in [5.41, 5.74) is 4.05. The van der Waals surface area contributed by atoms with E-state index in [1.165, 1.54) is 43.4 Å². The Morgan fingerprint density at radius 3 is 1.89 bits per heavy atom. The fourth-order valence-corrected chi connectivity index (χ4v) is 6.51. The summed E-state index contributed by atoms with van der Waals surface area (Å²) < 4.78 is 26.8. The molecule has 0 spiro atoms. The summed E-state index contributed by atoms with van der Waals surface area (Å²) in [5, 5.41) is 6.79. The minimum absolute atomic E-state index is 0.403. The molecule has 8 nitrogen and oxygen atoms in total. The van der Waals surface area contributed by atoms with Crippen molar-refractivity contribution in [2.45, 2.75) is 35.4 Å². The first kappa shape index (κ1) is 18.9. The van der Waals surface area contributed by atoms with E-state index in [-0.39, 0.29) is 0 Å². The van der Waals surface area contributed by atoms with Gasteiger partial charge in [-0.2, -0.15) is 0 Å². The van der Waals surface area contributed by atoms with Crippen LogP contribution in [0.15, 0.2) is 0 Å². The van der Waals surface area contributed by atoms with Gasteiger partial charge in [0.1, 0.15) is 0 Å². The third-order valence-electron chi connectivity index (χ3n) is 1.87. The first-order valence-electron chi connectivity index (χ1n) is 4.85. The number of halogens is 1. The molecule has 18 heavy (non-hydrogen) atoms. The normalized spacial score (nSPS) is 22.1. The molecule has 0 saturated heterocycles. The Bertz CT molecular complexity index is 392. The molecule has 0 saturated carbocycles. The highest BCUT2D eigenvalue weighted by Gasteiger charge is 2.65. The Balaban J connectivity index is 5.76. The number of hydrogen-bond acceptors (Lipinski definition) is 5. The number of rotatable bonds is 5. The fourth-order valence-electron chi connectivity index (χ4n) is 1.12.